The molecule has 0 bridgehead atoms. The van der Waals surface area contributed by atoms with E-state index in [4.69, 9.17) is 4.74 Å². The molecule has 2 aliphatic carbocycles. The molecule has 0 saturated heterocycles. The van der Waals surface area contributed by atoms with Crippen molar-refractivity contribution in [3.8, 4) is 11.1 Å². The molecule has 5 heteroatoms. The maximum atomic E-state index is 11.0. The molecule has 0 spiro atoms. The lowest BCUT2D eigenvalue weighted by molar-refractivity contribution is -0.158. The van der Waals surface area contributed by atoms with Crippen LogP contribution in [0.1, 0.15) is 39.2 Å². The summed E-state index contributed by atoms with van der Waals surface area (Å²) in [5.74, 6) is -1.14. The zero-order valence-electron chi connectivity index (χ0n) is 16.1. The molecule has 0 N–H and O–H groups in total. The summed E-state index contributed by atoms with van der Waals surface area (Å²) in [6.45, 7) is 5.32. The smallest absolute Gasteiger partial charge is 0.313 e. The van der Waals surface area contributed by atoms with Crippen LogP contribution in [0.3, 0.4) is 0 Å². The van der Waals surface area contributed by atoms with E-state index in [9.17, 15) is 14.4 Å². The molecule has 0 amide bonds. The Balaban J connectivity index is 0.000000213. The highest BCUT2D eigenvalue weighted by atomic mass is 16.6. The molecule has 0 aliphatic heterocycles. The van der Waals surface area contributed by atoms with Crippen LogP contribution in [0.15, 0.2) is 54.6 Å². The van der Waals surface area contributed by atoms with Crippen LogP contribution in [-0.4, -0.2) is 24.5 Å². The molecule has 0 saturated carbocycles. The number of hydrogen-bond donors (Lipinski definition) is 0. The minimum absolute atomic E-state index is 0.163. The molecule has 5 nitrogen and oxygen atoms in total. The number of benzene rings is 2. The molecular weight excluding hydrogens is 344 g/mol. The second-order valence-electron chi connectivity index (χ2n) is 5.76. The van der Waals surface area contributed by atoms with Crippen molar-refractivity contribution in [2.75, 3.05) is 6.61 Å². The highest BCUT2D eigenvalue weighted by Crippen LogP contribution is 2.32. The fraction of sp³-hybridized carbons (Fsp3) is 0.318. The molecule has 0 aromatic heterocycles. The van der Waals surface area contributed by atoms with Crippen LogP contribution >= 0.6 is 0 Å². The van der Waals surface area contributed by atoms with Crippen LogP contribution < -0.4 is 0 Å². The molecule has 2 aliphatic rings. The van der Waals surface area contributed by atoms with Crippen LogP contribution in [0, 0.1) is 0 Å². The van der Waals surface area contributed by atoms with Crippen molar-refractivity contribution in [2.45, 2.75) is 40.0 Å². The minimum atomic E-state index is -0.534. The van der Waals surface area contributed by atoms with Crippen LogP contribution in [-0.2, 0) is 30.3 Å². The topological polar surface area (TPSA) is 69.7 Å². The molecule has 0 unspecified atom stereocenters. The zero-order chi connectivity index (χ0) is 20.1. The predicted octanol–water partition coefficient (Wildman–Crippen LogP) is 4.34. The summed E-state index contributed by atoms with van der Waals surface area (Å²) in [5, 5.41) is 0. The summed E-state index contributed by atoms with van der Waals surface area (Å²) in [5.41, 5.74) is 3.85. The van der Waals surface area contributed by atoms with Crippen molar-refractivity contribution in [2.24, 2.45) is 0 Å². The summed E-state index contributed by atoms with van der Waals surface area (Å²) in [6, 6.07) is 18.1. The molecule has 3 rings (SSSR count). The van der Waals surface area contributed by atoms with E-state index in [0.29, 0.717) is 25.9 Å². The van der Waals surface area contributed by atoms with E-state index in [1.54, 1.807) is 0 Å². The quantitative estimate of drug-likeness (QED) is 0.494. The van der Waals surface area contributed by atoms with Crippen molar-refractivity contribution >= 4 is 17.9 Å². The van der Waals surface area contributed by atoms with Gasteiger partial charge in [-0.2, -0.15) is 0 Å². The number of fused-ring (bicyclic) bond motifs is 1. The highest BCUT2D eigenvalue weighted by molar-refractivity contribution is 5.84. The number of hydrogen-bond acceptors (Lipinski definition) is 5. The molecule has 0 fully saturated rings. The lowest BCUT2D eigenvalue weighted by Crippen LogP contribution is -2.07. The molecule has 27 heavy (non-hydrogen) atoms. The third-order valence-electron chi connectivity index (χ3n) is 3.32. The third-order valence-corrected chi connectivity index (χ3v) is 3.32. The summed E-state index contributed by atoms with van der Waals surface area (Å²) >= 11 is 0. The molecular formula is C22H26O5. The van der Waals surface area contributed by atoms with Gasteiger partial charge in [-0.05, 0) is 36.1 Å². The van der Waals surface area contributed by atoms with Crippen LogP contribution in [0.5, 0.6) is 0 Å². The van der Waals surface area contributed by atoms with Crippen molar-refractivity contribution in [1.29, 1.82) is 0 Å². The van der Waals surface area contributed by atoms with Gasteiger partial charge in [0.25, 0.3) is 0 Å². The van der Waals surface area contributed by atoms with Gasteiger partial charge >= 0.3 is 17.9 Å². The maximum absolute atomic E-state index is 11.0. The normalized spacial score (nSPS) is 9.59. The Morgan fingerprint density at radius 1 is 0.852 bits per heavy atom. The number of carbonyl (C=O) groups is 3. The Hall–Kier alpha value is -2.95. The summed E-state index contributed by atoms with van der Waals surface area (Å²) < 4.78 is 9.02. The first-order chi connectivity index (χ1) is 13.0. The molecule has 0 atom stereocenters. The van der Waals surface area contributed by atoms with Gasteiger partial charge in [0.2, 0.25) is 0 Å². The Labute approximate surface area is 160 Å². The lowest BCUT2D eigenvalue weighted by atomic mass is 10.2. The van der Waals surface area contributed by atoms with Crippen molar-refractivity contribution < 1.29 is 23.9 Å². The SMILES string of the molecule is CCCC(=O)OC(C)=O.CCOC(=O)Cc1ccccc1.c1cc2cc-2c1. The van der Waals surface area contributed by atoms with E-state index < -0.39 is 11.9 Å². The van der Waals surface area contributed by atoms with Gasteiger partial charge in [-0.1, -0.05) is 55.5 Å². The molecule has 1 aromatic carbocycles. The van der Waals surface area contributed by atoms with E-state index in [2.05, 4.69) is 29.0 Å². The Bertz CT molecular complexity index is 720. The molecule has 0 heterocycles. The van der Waals surface area contributed by atoms with E-state index in [-0.39, 0.29) is 5.97 Å². The molecule has 144 valence electrons. The van der Waals surface area contributed by atoms with Crippen molar-refractivity contribution in [3.63, 3.8) is 0 Å². The van der Waals surface area contributed by atoms with Crippen molar-refractivity contribution in [3.05, 3.63) is 60.2 Å². The average molecular weight is 370 g/mol. The highest BCUT2D eigenvalue weighted by Gasteiger charge is 2.07. The first kappa shape index (κ1) is 22.1. The number of esters is 3. The van der Waals surface area contributed by atoms with Gasteiger partial charge < -0.3 is 9.47 Å². The second kappa shape index (κ2) is 12.4. The second-order valence-corrected chi connectivity index (χ2v) is 5.76. The van der Waals surface area contributed by atoms with Crippen LogP contribution in [0.2, 0.25) is 0 Å². The summed E-state index contributed by atoms with van der Waals surface area (Å²) in [6.07, 6.45) is 1.40. The monoisotopic (exact) mass is 370 g/mol. The van der Waals surface area contributed by atoms with Gasteiger partial charge in [0, 0.05) is 13.3 Å². The Morgan fingerprint density at radius 2 is 1.48 bits per heavy atom. The average Bonchev–Trinajstić information content (AvgIpc) is 3.22. The Morgan fingerprint density at radius 3 is 1.89 bits per heavy atom. The van der Waals surface area contributed by atoms with Gasteiger partial charge in [0.1, 0.15) is 0 Å². The minimum Gasteiger partial charge on any atom is -0.466 e. The van der Waals surface area contributed by atoms with Gasteiger partial charge in [0.05, 0.1) is 13.0 Å². The maximum Gasteiger partial charge on any atom is 0.313 e. The number of ether oxygens (including phenoxy) is 2. The van der Waals surface area contributed by atoms with Gasteiger partial charge in [-0.3, -0.25) is 14.4 Å². The molecule has 1 aromatic rings. The fourth-order valence-corrected chi connectivity index (χ4v) is 2.07. The summed E-state index contributed by atoms with van der Waals surface area (Å²) in [4.78, 5) is 31.5. The lowest BCUT2D eigenvalue weighted by Gasteiger charge is -2.00. The number of rotatable bonds is 5. The van der Waals surface area contributed by atoms with Crippen molar-refractivity contribution in [1.82, 2.24) is 0 Å². The number of carbonyl (C=O) groups excluding carboxylic acids is 3. The van der Waals surface area contributed by atoms with Gasteiger partial charge in [-0.15, -0.1) is 0 Å². The molecule has 0 radical (unpaired) electrons. The largest absolute Gasteiger partial charge is 0.466 e. The van der Waals surface area contributed by atoms with E-state index in [1.807, 2.05) is 44.2 Å². The van der Waals surface area contributed by atoms with Crippen LogP contribution in [0.25, 0.3) is 11.1 Å². The predicted molar refractivity (Wildman–Crippen MR) is 104 cm³/mol. The van der Waals surface area contributed by atoms with Crippen LogP contribution in [0.4, 0.5) is 0 Å². The third kappa shape index (κ3) is 10.6. The standard InChI is InChI=1S/C10H12O2.C6H10O3.C6H4/c1-2-12-10(11)8-9-6-4-3-5-7-9;1-3-4-6(8)9-5(2)7;1-2-5-4-6(5)3-1/h3-7H,2,8H2,1H3;3-4H2,1-2H3;1-4H. The van der Waals surface area contributed by atoms with Gasteiger partial charge in [0.15, 0.2) is 0 Å². The van der Waals surface area contributed by atoms with Gasteiger partial charge in [-0.25, -0.2) is 0 Å². The van der Waals surface area contributed by atoms with E-state index in [1.165, 1.54) is 18.1 Å². The Kier molecular flexibility index (Phi) is 10.2. The zero-order valence-corrected chi connectivity index (χ0v) is 16.1. The summed E-state index contributed by atoms with van der Waals surface area (Å²) in [7, 11) is 0. The first-order valence-electron chi connectivity index (χ1n) is 8.97. The fourth-order valence-electron chi connectivity index (χ4n) is 2.07. The van der Waals surface area contributed by atoms with E-state index >= 15 is 0 Å². The first-order valence-corrected chi connectivity index (χ1v) is 8.97. The van der Waals surface area contributed by atoms with E-state index in [0.717, 1.165) is 5.56 Å².